The molecular weight excluding hydrogens is 1080 g/mol. The predicted molar refractivity (Wildman–Crippen MR) is 87.8 cm³/mol. The van der Waals surface area contributed by atoms with Gasteiger partial charge in [0.25, 0.3) is 0 Å². The summed E-state index contributed by atoms with van der Waals surface area (Å²) < 4.78 is 42.0. The van der Waals surface area contributed by atoms with E-state index in [1.54, 1.807) is 0 Å². The summed E-state index contributed by atoms with van der Waals surface area (Å²) in [4.78, 5) is 12.0. The maximum absolute atomic E-state index is 11.3. The first-order valence-corrected chi connectivity index (χ1v) is 9.49. The minimum absolute atomic E-state index is 0. The molecule has 4 heterocycles. The first kappa shape index (κ1) is 30.8. The summed E-state index contributed by atoms with van der Waals surface area (Å²) in [6.07, 6.45) is 0.486. The van der Waals surface area contributed by atoms with E-state index in [4.69, 9.17) is 4.74 Å². The number of imidazole rings is 1. The van der Waals surface area contributed by atoms with Crippen LogP contribution in [0.5, 0.6) is 0 Å². The first-order valence-electron chi connectivity index (χ1n) is 8.09. The summed E-state index contributed by atoms with van der Waals surface area (Å²) in [5, 5.41) is 29.4. The molecule has 3 aromatic rings. The molecule has 1 aliphatic rings. The van der Waals surface area contributed by atoms with Gasteiger partial charge in [-0.25, -0.2) is 18.0 Å². The average molecular weight is 1090 g/mol. The van der Waals surface area contributed by atoms with Crippen molar-refractivity contribution in [1.29, 1.82) is 0 Å². The molecule has 31 heavy (non-hydrogen) atoms. The van der Waals surface area contributed by atoms with Gasteiger partial charge in [-0.05, 0) is 17.1 Å². The molecule has 3 N–H and O–H groups in total. The summed E-state index contributed by atoms with van der Waals surface area (Å²) in [5.41, 5.74) is 0.480. The van der Waals surface area contributed by atoms with Crippen molar-refractivity contribution in [1.82, 2.24) is 19.5 Å². The molecule has 157 valence electrons. The van der Waals surface area contributed by atoms with Crippen LogP contribution >= 0.6 is 0 Å². The van der Waals surface area contributed by atoms with Gasteiger partial charge in [0, 0.05) is 132 Å². The van der Waals surface area contributed by atoms with Crippen LogP contribution in [0, 0.1) is 132 Å². The second-order valence-corrected chi connectivity index (χ2v) is 7.53. The molecule has 0 saturated carbocycles. The Balaban J connectivity index is 0.00000160. The molecular formula is C15H15Ac3N5O7S. The van der Waals surface area contributed by atoms with Crippen LogP contribution < -0.4 is 4.57 Å². The molecule has 16 heteroatoms. The van der Waals surface area contributed by atoms with Crippen molar-refractivity contribution in [2.45, 2.75) is 29.4 Å². The van der Waals surface area contributed by atoms with Crippen LogP contribution in [0.1, 0.15) is 6.23 Å². The van der Waals surface area contributed by atoms with Gasteiger partial charge >= 0.3 is 5.82 Å². The minimum Gasteiger partial charge on any atom is -0.744 e. The minimum atomic E-state index is -4.66. The zero-order valence-corrected chi connectivity index (χ0v) is 30.9. The Hall–Kier alpha value is 1.77. The molecule has 1 fully saturated rings. The van der Waals surface area contributed by atoms with Gasteiger partial charge in [0.15, 0.2) is 11.9 Å². The molecule has 0 spiro atoms. The Morgan fingerprint density at radius 3 is 2.48 bits per heavy atom. The summed E-state index contributed by atoms with van der Waals surface area (Å²) in [6.45, 7) is -0.478. The smallest absolute Gasteiger partial charge is 0.359 e. The van der Waals surface area contributed by atoms with Gasteiger partial charge in [0.2, 0.25) is 11.8 Å². The van der Waals surface area contributed by atoms with Crippen molar-refractivity contribution in [3.63, 3.8) is 0 Å². The number of pyridine rings is 1. The van der Waals surface area contributed by atoms with E-state index in [0.717, 1.165) is 12.3 Å². The molecule has 4 unspecified atom stereocenters. The average Bonchev–Trinajstić information content (AvgIpc) is 3.22. The van der Waals surface area contributed by atoms with E-state index in [1.807, 2.05) is 0 Å². The van der Waals surface area contributed by atoms with Gasteiger partial charge in [-0.1, -0.05) is 0 Å². The van der Waals surface area contributed by atoms with Crippen molar-refractivity contribution in [2.75, 3.05) is 6.61 Å². The number of aliphatic hydroxyl groups excluding tert-OH is 3. The van der Waals surface area contributed by atoms with Crippen LogP contribution in [0.3, 0.4) is 0 Å². The Bertz CT molecular complexity index is 1150. The number of ether oxygens (including phenoxy) is 1. The predicted octanol–water partition coefficient (Wildman–Crippen LogP) is -2.38. The normalized spacial score (nSPS) is 23.0. The number of aliphatic hydroxyl groups is 3. The van der Waals surface area contributed by atoms with Gasteiger partial charge in [-0.2, -0.15) is 4.98 Å². The largest absolute Gasteiger partial charge is 0.744 e. The van der Waals surface area contributed by atoms with Gasteiger partial charge in [-0.15, -0.1) is 0 Å². The van der Waals surface area contributed by atoms with Crippen LogP contribution in [0.4, 0.5) is 0 Å². The monoisotopic (exact) mass is 1090 g/mol. The molecule has 0 aliphatic carbocycles. The van der Waals surface area contributed by atoms with Gasteiger partial charge in [0.1, 0.15) is 34.6 Å². The molecule has 1 aliphatic heterocycles. The number of nitrogens with zero attached hydrogens (tertiary/aromatic N) is 5. The molecule has 3 radical (unpaired) electrons. The number of hydrogen-bond donors (Lipinski definition) is 3. The van der Waals surface area contributed by atoms with E-state index in [1.165, 1.54) is 34.1 Å². The van der Waals surface area contributed by atoms with Crippen LogP contribution in [0.25, 0.3) is 17.0 Å². The van der Waals surface area contributed by atoms with E-state index in [9.17, 15) is 28.3 Å². The number of fused-ring (bicyclic) bond motifs is 1. The Morgan fingerprint density at radius 1 is 1.16 bits per heavy atom. The molecule has 0 aromatic carbocycles. The third-order valence-corrected chi connectivity index (χ3v) is 5.26. The molecule has 4 atom stereocenters. The maximum Gasteiger partial charge on any atom is 0.359 e. The Kier molecular flexibility index (Phi) is 12.6. The fraction of sp³-hybridized carbons (Fsp3) is 0.333. The number of hydrogen-bond acceptors (Lipinski definition) is 10. The third kappa shape index (κ3) is 6.32. The number of aromatic nitrogens is 5. The van der Waals surface area contributed by atoms with Crippen molar-refractivity contribution in [2.24, 2.45) is 0 Å². The Labute approximate surface area is 284 Å². The zero-order valence-electron chi connectivity index (χ0n) is 15.8. The van der Waals surface area contributed by atoms with Crippen molar-refractivity contribution in [3.8, 4) is 5.82 Å². The van der Waals surface area contributed by atoms with Crippen LogP contribution in [0.2, 0.25) is 0 Å². The molecule has 4 rings (SSSR count). The third-order valence-electron chi connectivity index (χ3n) is 4.44. The molecule has 0 amide bonds. The van der Waals surface area contributed by atoms with E-state index < -0.39 is 46.2 Å². The van der Waals surface area contributed by atoms with Gasteiger partial charge in [0.05, 0.1) is 24.0 Å². The fourth-order valence-corrected chi connectivity index (χ4v) is 3.55. The second-order valence-electron chi connectivity index (χ2n) is 6.15. The van der Waals surface area contributed by atoms with Crippen LogP contribution in [-0.4, -0.2) is 72.7 Å². The number of rotatable bonds is 4. The van der Waals surface area contributed by atoms with E-state index >= 15 is 0 Å². The van der Waals surface area contributed by atoms with Crippen molar-refractivity contribution >= 4 is 21.3 Å². The summed E-state index contributed by atoms with van der Waals surface area (Å²) in [6, 6.07) is 2.54. The zero-order chi connectivity index (χ0) is 20.1. The molecule has 3 aromatic heterocycles. The SMILES string of the molecule is O=S(=O)([O-])c1ccc[n+](-c2ncnc3c2ncn3C2OC(CO)C(O)C2O)c1.[Ac].[Ac].[Ac]. The molecule has 0 bridgehead atoms. The second kappa shape index (κ2) is 12.6. The van der Waals surface area contributed by atoms with E-state index in [2.05, 4.69) is 15.0 Å². The summed E-state index contributed by atoms with van der Waals surface area (Å²) >= 11 is 0. The van der Waals surface area contributed by atoms with Gasteiger partial charge < -0.3 is 24.6 Å². The van der Waals surface area contributed by atoms with Crippen molar-refractivity contribution in [3.05, 3.63) is 37.2 Å². The van der Waals surface area contributed by atoms with Crippen molar-refractivity contribution < 1.29 is 170 Å². The maximum atomic E-state index is 11.3. The van der Waals surface area contributed by atoms with Crippen LogP contribution in [-0.2, 0) is 14.9 Å². The quantitative estimate of drug-likeness (QED) is 0.189. The fourth-order valence-electron chi connectivity index (χ4n) is 3.06. The van der Waals surface area contributed by atoms with E-state index in [0.29, 0.717) is 0 Å². The standard InChI is InChI=1S/C15H15N5O7S.3Ac/c21-5-9-11(22)12(23)15(27-9)20-7-18-10-13(16-6-17-14(10)20)19-3-1-2-8(4-19)28(24,25)26;;;/h1-4,6-7,9,11-12,15,21-23H,5H2;;;. The summed E-state index contributed by atoms with van der Waals surface area (Å²) in [5.74, 6) is 0.195. The topological polar surface area (TPSA) is 175 Å². The molecule has 12 nitrogen and oxygen atoms in total. The van der Waals surface area contributed by atoms with E-state index in [-0.39, 0.29) is 149 Å². The Morgan fingerprint density at radius 2 is 1.87 bits per heavy atom. The molecule has 1 saturated heterocycles. The van der Waals surface area contributed by atoms with Gasteiger partial charge in [-0.3, -0.25) is 4.57 Å². The van der Waals surface area contributed by atoms with Crippen LogP contribution in [0.15, 0.2) is 42.1 Å². The first-order chi connectivity index (χ1) is 13.3. The summed E-state index contributed by atoms with van der Waals surface area (Å²) in [7, 11) is -4.66.